The summed E-state index contributed by atoms with van der Waals surface area (Å²) in [7, 11) is 1.81. The fraction of sp³-hybridized carbons (Fsp3) is 0.538. The Kier molecular flexibility index (Phi) is 2.91. The number of benzene rings is 1. The molecule has 1 aromatic carbocycles. The van der Waals surface area contributed by atoms with E-state index >= 15 is 0 Å². The topological polar surface area (TPSA) is 9.23 Å². The molecule has 1 nitrogen and oxygen atoms in total. The van der Waals surface area contributed by atoms with Gasteiger partial charge in [-0.15, -0.1) is 0 Å². The molecule has 0 spiro atoms. The Hall–Kier alpha value is -0.340. The van der Waals surface area contributed by atoms with Crippen LogP contribution in [-0.2, 0) is 16.6 Å². The van der Waals surface area contributed by atoms with Gasteiger partial charge in [-0.25, -0.2) is 0 Å². The second kappa shape index (κ2) is 3.91. The van der Waals surface area contributed by atoms with Crippen LogP contribution in [0.1, 0.15) is 31.4 Å². The second-order valence-electron chi connectivity index (χ2n) is 4.75. The van der Waals surface area contributed by atoms with E-state index in [1.54, 1.807) is 0 Å². The van der Waals surface area contributed by atoms with Crippen LogP contribution in [0.2, 0.25) is 0 Å². The van der Waals surface area contributed by atoms with Crippen LogP contribution >= 0.6 is 15.9 Å². The van der Waals surface area contributed by atoms with Crippen molar-refractivity contribution in [2.24, 2.45) is 0 Å². The minimum Gasteiger partial charge on any atom is -0.381 e. The van der Waals surface area contributed by atoms with Gasteiger partial charge in [-0.05, 0) is 30.0 Å². The lowest BCUT2D eigenvalue weighted by atomic mass is 9.70. The maximum absolute atomic E-state index is 5.59. The standard InChI is InChI=1S/C13H17BrO/c1-13(2)10-5-4-6-11(14)9(10)7-8-12(13)15-3/h4-6,12H,7-8H2,1-3H3. The maximum Gasteiger partial charge on any atom is 0.0665 e. The number of ether oxygens (including phenoxy) is 1. The van der Waals surface area contributed by atoms with E-state index in [9.17, 15) is 0 Å². The largest absolute Gasteiger partial charge is 0.381 e. The predicted octanol–water partition coefficient (Wildman–Crippen LogP) is 3.69. The van der Waals surface area contributed by atoms with Crippen molar-refractivity contribution in [1.82, 2.24) is 0 Å². The van der Waals surface area contributed by atoms with Crippen molar-refractivity contribution in [3.8, 4) is 0 Å². The van der Waals surface area contributed by atoms with Gasteiger partial charge in [0.15, 0.2) is 0 Å². The Balaban J connectivity index is 2.52. The van der Waals surface area contributed by atoms with Gasteiger partial charge in [0.05, 0.1) is 6.10 Å². The Morgan fingerprint density at radius 2 is 2.13 bits per heavy atom. The summed E-state index contributed by atoms with van der Waals surface area (Å²) in [5.74, 6) is 0. The number of fused-ring (bicyclic) bond motifs is 1. The van der Waals surface area contributed by atoms with Crippen LogP contribution in [0.25, 0.3) is 0 Å². The molecule has 0 N–H and O–H groups in total. The number of methoxy groups -OCH3 is 1. The molecule has 0 aliphatic heterocycles. The second-order valence-corrected chi connectivity index (χ2v) is 5.60. The molecule has 2 rings (SSSR count). The normalized spacial score (nSPS) is 23.6. The quantitative estimate of drug-likeness (QED) is 0.755. The molecular weight excluding hydrogens is 252 g/mol. The molecule has 0 saturated carbocycles. The van der Waals surface area contributed by atoms with Crippen molar-refractivity contribution >= 4 is 15.9 Å². The van der Waals surface area contributed by atoms with Crippen molar-refractivity contribution in [2.75, 3.05) is 7.11 Å². The van der Waals surface area contributed by atoms with Gasteiger partial charge < -0.3 is 4.74 Å². The van der Waals surface area contributed by atoms with Gasteiger partial charge in [0.2, 0.25) is 0 Å². The average Bonchev–Trinajstić information content (AvgIpc) is 2.19. The molecule has 1 atom stereocenters. The summed E-state index contributed by atoms with van der Waals surface area (Å²) in [4.78, 5) is 0. The minimum absolute atomic E-state index is 0.117. The molecule has 1 aliphatic rings. The zero-order valence-electron chi connectivity index (χ0n) is 9.51. The third kappa shape index (κ3) is 1.74. The van der Waals surface area contributed by atoms with Crippen molar-refractivity contribution in [3.63, 3.8) is 0 Å². The molecule has 82 valence electrons. The number of rotatable bonds is 1. The van der Waals surface area contributed by atoms with Gasteiger partial charge in [-0.2, -0.15) is 0 Å². The molecule has 2 heteroatoms. The highest BCUT2D eigenvalue weighted by Gasteiger charge is 2.37. The van der Waals surface area contributed by atoms with Crippen LogP contribution < -0.4 is 0 Å². The van der Waals surface area contributed by atoms with E-state index in [4.69, 9.17) is 4.74 Å². The van der Waals surface area contributed by atoms with E-state index in [0.29, 0.717) is 6.10 Å². The first-order valence-corrected chi connectivity index (χ1v) is 6.17. The van der Waals surface area contributed by atoms with Gasteiger partial charge in [0.1, 0.15) is 0 Å². The van der Waals surface area contributed by atoms with E-state index in [1.165, 1.54) is 15.6 Å². The highest BCUT2D eigenvalue weighted by molar-refractivity contribution is 9.10. The van der Waals surface area contributed by atoms with Crippen molar-refractivity contribution < 1.29 is 4.74 Å². The molecule has 0 bridgehead atoms. The van der Waals surface area contributed by atoms with E-state index in [-0.39, 0.29) is 5.41 Å². The fourth-order valence-electron chi connectivity index (χ4n) is 2.64. The smallest absolute Gasteiger partial charge is 0.0665 e. The van der Waals surface area contributed by atoms with Gasteiger partial charge >= 0.3 is 0 Å². The van der Waals surface area contributed by atoms with E-state index in [0.717, 1.165) is 12.8 Å². The first-order chi connectivity index (χ1) is 7.07. The lowest BCUT2D eigenvalue weighted by Crippen LogP contribution is -2.39. The number of hydrogen-bond acceptors (Lipinski definition) is 1. The fourth-order valence-corrected chi connectivity index (χ4v) is 3.20. The third-order valence-electron chi connectivity index (χ3n) is 3.56. The van der Waals surface area contributed by atoms with E-state index < -0.39 is 0 Å². The summed E-state index contributed by atoms with van der Waals surface area (Å²) in [5.41, 5.74) is 3.00. The van der Waals surface area contributed by atoms with Crippen LogP contribution in [-0.4, -0.2) is 13.2 Å². The Bertz CT molecular complexity index is 371. The molecule has 0 aromatic heterocycles. The number of hydrogen-bond donors (Lipinski definition) is 0. The minimum atomic E-state index is 0.117. The van der Waals surface area contributed by atoms with Crippen molar-refractivity contribution in [1.29, 1.82) is 0 Å². The summed E-state index contributed by atoms with van der Waals surface area (Å²) in [6.45, 7) is 4.54. The van der Waals surface area contributed by atoms with Crippen LogP contribution in [0.3, 0.4) is 0 Å². The van der Waals surface area contributed by atoms with E-state index in [1.807, 2.05) is 7.11 Å². The SMILES string of the molecule is COC1CCc2c(Br)cccc2C1(C)C. The van der Waals surface area contributed by atoms with Gasteiger partial charge in [-0.1, -0.05) is 41.9 Å². The summed E-state index contributed by atoms with van der Waals surface area (Å²) >= 11 is 3.63. The molecule has 0 radical (unpaired) electrons. The summed E-state index contributed by atoms with van der Waals surface area (Å²) in [6, 6.07) is 6.47. The van der Waals surface area contributed by atoms with Crippen molar-refractivity contribution in [2.45, 2.75) is 38.2 Å². The Morgan fingerprint density at radius 1 is 1.40 bits per heavy atom. The highest BCUT2D eigenvalue weighted by Crippen LogP contribution is 2.40. The zero-order valence-corrected chi connectivity index (χ0v) is 11.1. The molecule has 15 heavy (non-hydrogen) atoms. The van der Waals surface area contributed by atoms with Crippen LogP contribution in [0.4, 0.5) is 0 Å². The van der Waals surface area contributed by atoms with Crippen LogP contribution in [0.5, 0.6) is 0 Å². The summed E-state index contributed by atoms with van der Waals surface area (Å²) < 4.78 is 6.83. The lowest BCUT2D eigenvalue weighted by molar-refractivity contribution is 0.0328. The first kappa shape index (κ1) is 11.2. The average molecular weight is 269 g/mol. The van der Waals surface area contributed by atoms with Gasteiger partial charge in [-0.3, -0.25) is 0 Å². The van der Waals surface area contributed by atoms with Crippen LogP contribution in [0.15, 0.2) is 22.7 Å². The summed E-state index contributed by atoms with van der Waals surface area (Å²) in [5, 5.41) is 0. The molecule has 0 saturated heterocycles. The number of halogens is 1. The lowest BCUT2D eigenvalue weighted by Gasteiger charge is -2.39. The molecule has 1 aromatic rings. The summed E-state index contributed by atoms with van der Waals surface area (Å²) in [6.07, 6.45) is 2.55. The molecular formula is C13H17BrO. The third-order valence-corrected chi connectivity index (χ3v) is 4.30. The molecule has 1 unspecified atom stereocenters. The maximum atomic E-state index is 5.59. The van der Waals surface area contributed by atoms with Crippen LogP contribution in [0, 0.1) is 0 Å². The highest BCUT2D eigenvalue weighted by atomic mass is 79.9. The molecule has 0 heterocycles. The first-order valence-electron chi connectivity index (χ1n) is 5.38. The molecule has 0 fully saturated rings. The zero-order chi connectivity index (χ0) is 11.1. The van der Waals surface area contributed by atoms with Crippen molar-refractivity contribution in [3.05, 3.63) is 33.8 Å². The van der Waals surface area contributed by atoms with Gasteiger partial charge in [0, 0.05) is 17.0 Å². The molecule has 1 aliphatic carbocycles. The van der Waals surface area contributed by atoms with E-state index in [2.05, 4.69) is 48.0 Å². The molecule has 0 amide bonds. The Morgan fingerprint density at radius 3 is 2.80 bits per heavy atom. The predicted molar refractivity (Wildman–Crippen MR) is 66.3 cm³/mol. The monoisotopic (exact) mass is 268 g/mol. The van der Waals surface area contributed by atoms with Gasteiger partial charge in [0.25, 0.3) is 0 Å². The Labute approximate surface area is 100.0 Å².